The van der Waals surface area contributed by atoms with Crippen LogP contribution in [-0.2, 0) is 0 Å². The van der Waals surface area contributed by atoms with Gasteiger partial charge in [0.15, 0.2) is 0 Å². The first-order chi connectivity index (χ1) is 7.79. The van der Waals surface area contributed by atoms with E-state index in [1.165, 1.54) is 12.8 Å². The van der Waals surface area contributed by atoms with Crippen molar-refractivity contribution in [1.82, 2.24) is 4.98 Å². The summed E-state index contributed by atoms with van der Waals surface area (Å²) >= 11 is 0. The number of aromatic nitrogens is 1. The van der Waals surface area contributed by atoms with Gasteiger partial charge >= 0.3 is 0 Å². The van der Waals surface area contributed by atoms with E-state index in [9.17, 15) is 5.11 Å². The molecule has 0 aliphatic heterocycles. The molecule has 16 heavy (non-hydrogen) atoms. The Balaban J connectivity index is 2.53. The first-order valence-corrected chi connectivity index (χ1v) is 6.07. The highest BCUT2D eigenvalue weighted by Gasteiger charge is 2.19. The molecule has 0 aliphatic rings. The van der Waals surface area contributed by atoms with E-state index in [4.69, 9.17) is 5.73 Å². The van der Waals surface area contributed by atoms with Crippen molar-refractivity contribution in [3.63, 3.8) is 0 Å². The first kappa shape index (κ1) is 13.1. The maximum atomic E-state index is 10.1. The molecule has 1 aromatic heterocycles. The topological polar surface area (TPSA) is 59.1 Å². The minimum absolute atomic E-state index is 0.0190. The average molecular weight is 222 g/mol. The normalized spacial score (nSPS) is 14.7. The van der Waals surface area contributed by atoms with Gasteiger partial charge in [-0.1, -0.05) is 32.3 Å². The molecule has 0 fully saturated rings. The summed E-state index contributed by atoms with van der Waals surface area (Å²) in [6.45, 7) is 2.63. The Labute approximate surface area is 97.7 Å². The van der Waals surface area contributed by atoms with Crippen LogP contribution in [0.2, 0.25) is 0 Å². The highest BCUT2D eigenvalue weighted by Crippen LogP contribution is 2.21. The van der Waals surface area contributed by atoms with E-state index in [0.717, 1.165) is 18.4 Å². The van der Waals surface area contributed by atoms with E-state index < -0.39 is 0 Å². The van der Waals surface area contributed by atoms with Gasteiger partial charge in [-0.2, -0.15) is 0 Å². The van der Waals surface area contributed by atoms with Crippen molar-refractivity contribution < 1.29 is 5.11 Å². The van der Waals surface area contributed by atoms with Gasteiger partial charge in [-0.3, -0.25) is 4.98 Å². The lowest BCUT2D eigenvalue weighted by atomic mass is 9.91. The fourth-order valence-corrected chi connectivity index (χ4v) is 1.92. The molecule has 0 aliphatic carbocycles. The smallest absolute Gasteiger partial charge is 0.0621 e. The van der Waals surface area contributed by atoms with E-state index in [2.05, 4.69) is 11.9 Å². The second-order valence-corrected chi connectivity index (χ2v) is 4.19. The van der Waals surface area contributed by atoms with Crippen LogP contribution in [0.3, 0.4) is 0 Å². The van der Waals surface area contributed by atoms with Gasteiger partial charge in [-0.15, -0.1) is 0 Å². The van der Waals surface area contributed by atoms with Gasteiger partial charge in [0.25, 0.3) is 0 Å². The first-order valence-electron chi connectivity index (χ1n) is 6.07. The van der Waals surface area contributed by atoms with Crippen LogP contribution >= 0.6 is 0 Å². The summed E-state index contributed by atoms with van der Waals surface area (Å²) in [6, 6.07) is 3.87. The molecular formula is C13H22N2O. The molecule has 1 heterocycles. The maximum Gasteiger partial charge on any atom is 0.0621 e. The number of hydrogen-bond acceptors (Lipinski definition) is 3. The molecule has 3 heteroatoms. The Morgan fingerprint density at radius 1 is 1.44 bits per heavy atom. The summed E-state index contributed by atoms with van der Waals surface area (Å²) in [7, 11) is 0. The molecule has 0 bridgehead atoms. The van der Waals surface area contributed by atoms with E-state index in [1.807, 2.05) is 12.1 Å². The molecule has 0 amide bonds. The molecule has 3 N–H and O–H groups in total. The fourth-order valence-electron chi connectivity index (χ4n) is 1.92. The molecule has 0 spiro atoms. The van der Waals surface area contributed by atoms with Crippen LogP contribution < -0.4 is 5.73 Å². The highest BCUT2D eigenvalue weighted by molar-refractivity contribution is 5.16. The second-order valence-electron chi connectivity index (χ2n) is 4.19. The average Bonchev–Trinajstić information content (AvgIpc) is 2.32. The SMILES string of the molecule is CCCCCC(O)C(CN)c1cccnc1. The largest absolute Gasteiger partial charge is 0.392 e. The molecule has 2 atom stereocenters. The van der Waals surface area contributed by atoms with Crippen LogP contribution in [0.25, 0.3) is 0 Å². The number of nitrogens with two attached hydrogens (primary N) is 1. The minimum Gasteiger partial charge on any atom is -0.392 e. The van der Waals surface area contributed by atoms with Crippen molar-refractivity contribution in [3.05, 3.63) is 30.1 Å². The quantitative estimate of drug-likeness (QED) is 0.694. The second kappa shape index (κ2) is 7.36. The maximum absolute atomic E-state index is 10.1. The number of aliphatic hydroxyl groups excluding tert-OH is 1. The van der Waals surface area contributed by atoms with Crippen LogP contribution in [0.15, 0.2) is 24.5 Å². The molecule has 1 aromatic rings. The van der Waals surface area contributed by atoms with E-state index in [1.54, 1.807) is 12.4 Å². The lowest BCUT2D eigenvalue weighted by molar-refractivity contribution is 0.132. The van der Waals surface area contributed by atoms with Gasteiger partial charge in [0.05, 0.1) is 6.10 Å². The number of aliphatic hydroxyl groups is 1. The zero-order valence-corrected chi connectivity index (χ0v) is 9.97. The summed E-state index contributed by atoms with van der Waals surface area (Å²) in [6.07, 6.45) is 7.41. The third-order valence-corrected chi connectivity index (χ3v) is 2.93. The Hall–Kier alpha value is -0.930. The van der Waals surface area contributed by atoms with Crippen molar-refractivity contribution in [3.8, 4) is 0 Å². The van der Waals surface area contributed by atoms with Crippen LogP contribution in [0.1, 0.15) is 44.1 Å². The number of nitrogens with zero attached hydrogens (tertiary/aromatic N) is 1. The fraction of sp³-hybridized carbons (Fsp3) is 0.615. The summed E-state index contributed by atoms with van der Waals surface area (Å²) in [4.78, 5) is 4.07. The summed E-state index contributed by atoms with van der Waals surface area (Å²) in [5, 5.41) is 10.1. The number of hydrogen-bond donors (Lipinski definition) is 2. The molecule has 0 saturated carbocycles. The zero-order valence-electron chi connectivity index (χ0n) is 9.97. The van der Waals surface area contributed by atoms with Crippen molar-refractivity contribution in [1.29, 1.82) is 0 Å². The Morgan fingerprint density at radius 2 is 2.25 bits per heavy atom. The molecule has 3 nitrogen and oxygen atoms in total. The third-order valence-electron chi connectivity index (χ3n) is 2.93. The highest BCUT2D eigenvalue weighted by atomic mass is 16.3. The summed E-state index contributed by atoms with van der Waals surface area (Å²) < 4.78 is 0. The van der Waals surface area contributed by atoms with Gasteiger partial charge in [-0.25, -0.2) is 0 Å². The van der Waals surface area contributed by atoms with E-state index in [0.29, 0.717) is 6.54 Å². The number of pyridine rings is 1. The Morgan fingerprint density at radius 3 is 2.81 bits per heavy atom. The lowest BCUT2D eigenvalue weighted by Crippen LogP contribution is -2.26. The molecule has 0 saturated heterocycles. The van der Waals surface area contributed by atoms with Crippen LogP contribution in [0.4, 0.5) is 0 Å². The van der Waals surface area contributed by atoms with Gasteiger partial charge in [0, 0.05) is 24.9 Å². The molecule has 2 unspecified atom stereocenters. The third kappa shape index (κ3) is 3.91. The van der Waals surface area contributed by atoms with Crippen molar-refractivity contribution in [2.75, 3.05) is 6.54 Å². The van der Waals surface area contributed by atoms with E-state index >= 15 is 0 Å². The standard InChI is InChI=1S/C13H22N2O/c1-2-3-4-7-13(16)12(9-14)11-6-5-8-15-10-11/h5-6,8,10,12-13,16H,2-4,7,9,14H2,1H3. The van der Waals surface area contributed by atoms with Gasteiger partial charge in [-0.05, 0) is 18.1 Å². The van der Waals surface area contributed by atoms with Crippen LogP contribution in [-0.4, -0.2) is 22.7 Å². The Kier molecular flexibility index (Phi) is 6.04. The molecular weight excluding hydrogens is 200 g/mol. The number of rotatable bonds is 7. The van der Waals surface area contributed by atoms with Gasteiger partial charge in [0.2, 0.25) is 0 Å². The summed E-state index contributed by atoms with van der Waals surface area (Å²) in [5.41, 5.74) is 6.76. The van der Waals surface area contributed by atoms with Crippen LogP contribution in [0, 0.1) is 0 Å². The molecule has 0 aromatic carbocycles. The predicted octanol–water partition coefficient (Wildman–Crippen LogP) is 2.07. The van der Waals surface area contributed by atoms with E-state index in [-0.39, 0.29) is 12.0 Å². The number of unbranched alkanes of at least 4 members (excludes halogenated alkanes) is 2. The molecule has 1 rings (SSSR count). The Bertz CT molecular complexity index is 277. The molecule has 90 valence electrons. The lowest BCUT2D eigenvalue weighted by Gasteiger charge is -2.21. The van der Waals surface area contributed by atoms with Crippen molar-refractivity contribution in [2.24, 2.45) is 5.73 Å². The predicted molar refractivity (Wildman–Crippen MR) is 66.2 cm³/mol. The van der Waals surface area contributed by atoms with Crippen molar-refractivity contribution >= 4 is 0 Å². The monoisotopic (exact) mass is 222 g/mol. The van der Waals surface area contributed by atoms with Crippen molar-refractivity contribution in [2.45, 2.75) is 44.6 Å². The minimum atomic E-state index is -0.347. The zero-order chi connectivity index (χ0) is 11.8. The van der Waals surface area contributed by atoms with Gasteiger partial charge < -0.3 is 10.8 Å². The van der Waals surface area contributed by atoms with Gasteiger partial charge in [0.1, 0.15) is 0 Å². The summed E-state index contributed by atoms with van der Waals surface area (Å²) in [5.74, 6) is 0.0190. The van der Waals surface area contributed by atoms with Crippen LogP contribution in [0.5, 0.6) is 0 Å². The molecule has 0 radical (unpaired) electrons.